The Labute approximate surface area is 167 Å². The molecular weight excluding hydrogens is 357 g/mol. The monoisotopic (exact) mass is 389 g/mol. The maximum absolute atomic E-state index is 13.1. The van der Waals surface area contributed by atoms with Crippen molar-refractivity contribution in [3.05, 3.63) is 35.6 Å². The lowest BCUT2D eigenvalue weighted by atomic mass is 9.96. The van der Waals surface area contributed by atoms with E-state index < -0.39 is 0 Å². The number of nitrogens with one attached hydrogen (secondary N) is 1. The highest BCUT2D eigenvalue weighted by Crippen LogP contribution is 2.20. The molecule has 5 nitrogen and oxygen atoms in total. The number of amides is 2. The fraction of sp³-hybridized carbons (Fsp3) is 0.636. The van der Waals surface area contributed by atoms with Crippen molar-refractivity contribution in [2.45, 2.75) is 45.6 Å². The molecule has 2 aliphatic heterocycles. The van der Waals surface area contributed by atoms with Gasteiger partial charge in [-0.2, -0.15) is 0 Å². The third-order valence-corrected chi connectivity index (χ3v) is 6.05. The molecule has 0 spiro atoms. The molecule has 1 N–H and O–H groups in total. The number of benzene rings is 1. The molecule has 0 saturated carbocycles. The van der Waals surface area contributed by atoms with Gasteiger partial charge in [0.1, 0.15) is 5.82 Å². The van der Waals surface area contributed by atoms with Crippen LogP contribution in [0.1, 0.15) is 49.9 Å². The molecule has 154 valence electrons. The molecular formula is C22H32FN3O2. The van der Waals surface area contributed by atoms with Gasteiger partial charge in [0.2, 0.25) is 5.91 Å². The SMILES string of the molecule is CC1CCCN(C(C)CNC(=O)C2CCCN(C(=O)c3ccc(F)cc3)C2)C1. The van der Waals surface area contributed by atoms with E-state index in [2.05, 4.69) is 24.1 Å². The molecule has 0 aromatic heterocycles. The van der Waals surface area contributed by atoms with Crippen LogP contribution >= 0.6 is 0 Å². The third-order valence-electron chi connectivity index (χ3n) is 6.05. The summed E-state index contributed by atoms with van der Waals surface area (Å²) in [4.78, 5) is 29.5. The van der Waals surface area contributed by atoms with E-state index in [0.29, 0.717) is 31.2 Å². The van der Waals surface area contributed by atoms with Crippen molar-refractivity contribution in [3.63, 3.8) is 0 Å². The van der Waals surface area contributed by atoms with Gasteiger partial charge in [0, 0.05) is 37.8 Å². The highest BCUT2D eigenvalue weighted by atomic mass is 19.1. The summed E-state index contributed by atoms with van der Waals surface area (Å²) in [6.45, 7) is 8.37. The van der Waals surface area contributed by atoms with E-state index >= 15 is 0 Å². The van der Waals surface area contributed by atoms with Gasteiger partial charge >= 0.3 is 0 Å². The van der Waals surface area contributed by atoms with Crippen LogP contribution < -0.4 is 5.32 Å². The van der Waals surface area contributed by atoms with Crippen LogP contribution in [0.25, 0.3) is 0 Å². The average molecular weight is 390 g/mol. The number of hydrogen-bond donors (Lipinski definition) is 1. The van der Waals surface area contributed by atoms with E-state index in [1.54, 1.807) is 4.90 Å². The zero-order chi connectivity index (χ0) is 20.1. The van der Waals surface area contributed by atoms with E-state index in [1.165, 1.54) is 37.1 Å². The van der Waals surface area contributed by atoms with E-state index in [0.717, 1.165) is 31.8 Å². The summed E-state index contributed by atoms with van der Waals surface area (Å²) in [5, 5.41) is 3.10. The molecule has 2 aliphatic rings. The fourth-order valence-electron chi connectivity index (χ4n) is 4.30. The number of piperidine rings is 2. The zero-order valence-electron chi connectivity index (χ0n) is 17.0. The van der Waals surface area contributed by atoms with Crippen LogP contribution in [0.4, 0.5) is 4.39 Å². The Balaban J connectivity index is 1.49. The number of hydrogen-bond acceptors (Lipinski definition) is 3. The number of likely N-dealkylation sites (tertiary alicyclic amines) is 2. The minimum Gasteiger partial charge on any atom is -0.354 e. The predicted molar refractivity (Wildman–Crippen MR) is 107 cm³/mol. The molecule has 0 radical (unpaired) electrons. The molecule has 2 saturated heterocycles. The van der Waals surface area contributed by atoms with Crippen LogP contribution in [0.2, 0.25) is 0 Å². The topological polar surface area (TPSA) is 52.7 Å². The van der Waals surface area contributed by atoms with Gasteiger partial charge in [-0.3, -0.25) is 14.5 Å². The van der Waals surface area contributed by atoms with Crippen molar-refractivity contribution < 1.29 is 14.0 Å². The highest BCUT2D eigenvalue weighted by molar-refractivity contribution is 5.94. The fourth-order valence-corrected chi connectivity index (χ4v) is 4.30. The first-order valence-corrected chi connectivity index (χ1v) is 10.5. The largest absolute Gasteiger partial charge is 0.354 e. The second kappa shape index (κ2) is 9.50. The second-order valence-corrected chi connectivity index (χ2v) is 8.43. The van der Waals surface area contributed by atoms with E-state index in [4.69, 9.17) is 0 Å². The van der Waals surface area contributed by atoms with Crippen molar-refractivity contribution in [1.29, 1.82) is 0 Å². The Bertz CT molecular complexity index is 679. The molecule has 2 amide bonds. The summed E-state index contributed by atoms with van der Waals surface area (Å²) in [7, 11) is 0. The summed E-state index contributed by atoms with van der Waals surface area (Å²) >= 11 is 0. The van der Waals surface area contributed by atoms with Crippen molar-refractivity contribution >= 4 is 11.8 Å². The summed E-state index contributed by atoms with van der Waals surface area (Å²) in [6.07, 6.45) is 4.12. The molecule has 0 aliphatic carbocycles. The lowest BCUT2D eigenvalue weighted by molar-refractivity contribution is -0.126. The van der Waals surface area contributed by atoms with Crippen molar-refractivity contribution in [3.8, 4) is 0 Å². The lowest BCUT2D eigenvalue weighted by Gasteiger charge is -2.36. The third kappa shape index (κ3) is 5.31. The smallest absolute Gasteiger partial charge is 0.253 e. The van der Waals surface area contributed by atoms with Crippen molar-refractivity contribution in [2.75, 3.05) is 32.7 Å². The van der Waals surface area contributed by atoms with Crippen molar-refractivity contribution in [1.82, 2.24) is 15.1 Å². The molecule has 3 atom stereocenters. The maximum atomic E-state index is 13.1. The number of rotatable bonds is 5. The van der Waals surface area contributed by atoms with Crippen LogP contribution in [0.3, 0.4) is 0 Å². The number of halogens is 1. The molecule has 3 rings (SSSR count). The minimum atomic E-state index is -0.357. The highest BCUT2D eigenvalue weighted by Gasteiger charge is 2.29. The standard InChI is InChI=1S/C22H32FN3O2/c1-16-5-3-11-25(14-16)17(2)13-24-21(27)19-6-4-12-26(15-19)22(28)18-7-9-20(23)10-8-18/h7-10,16-17,19H,3-6,11-15H2,1-2H3,(H,24,27). The van der Waals surface area contributed by atoms with Crippen molar-refractivity contribution in [2.24, 2.45) is 11.8 Å². The molecule has 1 aromatic carbocycles. The van der Waals surface area contributed by atoms with Gasteiger partial charge in [-0.05, 0) is 69.3 Å². The summed E-state index contributed by atoms with van der Waals surface area (Å²) < 4.78 is 13.1. The summed E-state index contributed by atoms with van der Waals surface area (Å²) in [5.74, 6) is 0.0910. The average Bonchev–Trinajstić information content (AvgIpc) is 2.72. The molecule has 3 unspecified atom stereocenters. The van der Waals surface area contributed by atoms with Gasteiger partial charge < -0.3 is 10.2 Å². The number of carbonyl (C=O) groups is 2. The van der Waals surface area contributed by atoms with E-state index in [9.17, 15) is 14.0 Å². The van der Waals surface area contributed by atoms with Gasteiger partial charge in [-0.25, -0.2) is 4.39 Å². The Hall–Kier alpha value is -1.95. The summed E-state index contributed by atoms with van der Waals surface area (Å²) in [6, 6.07) is 5.92. The zero-order valence-corrected chi connectivity index (χ0v) is 17.0. The van der Waals surface area contributed by atoms with Crippen LogP contribution in [-0.2, 0) is 4.79 Å². The minimum absolute atomic E-state index is 0.0357. The van der Waals surface area contributed by atoms with Gasteiger partial charge in [-0.1, -0.05) is 6.92 Å². The van der Waals surface area contributed by atoms with Gasteiger partial charge in [0.05, 0.1) is 5.92 Å². The van der Waals surface area contributed by atoms with E-state index in [1.807, 2.05) is 0 Å². The predicted octanol–water partition coefficient (Wildman–Crippen LogP) is 2.91. The molecule has 1 aromatic rings. The lowest BCUT2D eigenvalue weighted by Crippen LogP contribution is -2.49. The molecule has 0 bridgehead atoms. The molecule has 2 fully saturated rings. The van der Waals surface area contributed by atoms with Crippen LogP contribution in [0.15, 0.2) is 24.3 Å². The first kappa shape index (κ1) is 20.8. The normalized spacial score (nSPS) is 24.6. The summed E-state index contributed by atoms with van der Waals surface area (Å²) in [5.41, 5.74) is 0.468. The van der Waals surface area contributed by atoms with Gasteiger partial charge in [0.25, 0.3) is 5.91 Å². The first-order valence-electron chi connectivity index (χ1n) is 10.5. The maximum Gasteiger partial charge on any atom is 0.253 e. The van der Waals surface area contributed by atoms with Crippen LogP contribution in [0.5, 0.6) is 0 Å². The van der Waals surface area contributed by atoms with Gasteiger partial charge in [-0.15, -0.1) is 0 Å². The first-order chi connectivity index (χ1) is 13.4. The van der Waals surface area contributed by atoms with Crippen LogP contribution in [-0.4, -0.2) is 60.4 Å². The number of nitrogens with zero attached hydrogens (tertiary/aromatic N) is 2. The number of carbonyl (C=O) groups excluding carboxylic acids is 2. The Morgan fingerprint density at radius 3 is 2.57 bits per heavy atom. The Kier molecular flexibility index (Phi) is 7.05. The second-order valence-electron chi connectivity index (χ2n) is 8.43. The molecule has 6 heteroatoms. The van der Waals surface area contributed by atoms with E-state index in [-0.39, 0.29) is 23.5 Å². The quantitative estimate of drug-likeness (QED) is 0.843. The van der Waals surface area contributed by atoms with Crippen LogP contribution in [0, 0.1) is 17.7 Å². The van der Waals surface area contributed by atoms with Gasteiger partial charge in [0.15, 0.2) is 0 Å². The Morgan fingerprint density at radius 2 is 1.86 bits per heavy atom. The molecule has 2 heterocycles. The Morgan fingerprint density at radius 1 is 1.14 bits per heavy atom. The molecule has 28 heavy (non-hydrogen) atoms.